The zero-order chi connectivity index (χ0) is 25.9. The molecule has 0 spiro atoms. The molecule has 0 aliphatic carbocycles. The maximum Gasteiger partial charge on any atom is 0.511 e. The highest BCUT2D eigenvalue weighted by Gasteiger charge is 2.18. The Morgan fingerprint density at radius 3 is 2.46 bits per heavy atom. The molecule has 1 aromatic heterocycles. The van der Waals surface area contributed by atoms with E-state index in [0.29, 0.717) is 23.4 Å². The van der Waals surface area contributed by atoms with Crippen LogP contribution in [0.15, 0.2) is 101 Å². The Hall–Kier alpha value is -5.11. The minimum Gasteiger partial charge on any atom is -0.505 e. The quantitative estimate of drug-likeness (QED) is 0.128. The zero-order valence-electron chi connectivity index (χ0n) is 19.9. The largest absolute Gasteiger partial charge is 0.511 e. The minimum absolute atomic E-state index is 0.0256. The van der Waals surface area contributed by atoms with Gasteiger partial charge in [-0.25, -0.2) is 4.79 Å². The smallest absolute Gasteiger partial charge is 0.505 e. The van der Waals surface area contributed by atoms with Crippen molar-refractivity contribution in [3.8, 4) is 28.5 Å². The number of nitrogens with zero attached hydrogens (tertiary/aromatic N) is 3. The van der Waals surface area contributed by atoms with E-state index in [-0.39, 0.29) is 23.1 Å². The van der Waals surface area contributed by atoms with Gasteiger partial charge in [-0.15, -0.1) is 10.2 Å². The second-order valence-electron chi connectivity index (χ2n) is 8.53. The van der Waals surface area contributed by atoms with E-state index in [0.717, 1.165) is 22.0 Å². The number of ether oxygens (including phenoxy) is 1. The van der Waals surface area contributed by atoms with Gasteiger partial charge in [0.1, 0.15) is 11.4 Å². The van der Waals surface area contributed by atoms with Crippen molar-refractivity contribution >= 4 is 28.4 Å². The van der Waals surface area contributed by atoms with Gasteiger partial charge in [-0.3, -0.25) is 0 Å². The van der Waals surface area contributed by atoms with Crippen molar-refractivity contribution in [2.45, 2.75) is 13.5 Å². The van der Waals surface area contributed by atoms with E-state index in [1.54, 1.807) is 34.9 Å². The lowest BCUT2D eigenvalue weighted by molar-refractivity contribution is 0.144. The summed E-state index contributed by atoms with van der Waals surface area (Å²) in [6.07, 6.45) is -1.43. The van der Waals surface area contributed by atoms with Gasteiger partial charge in [-0.1, -0.05) is 66.2 Å². The van der Waals surface area contributed by atoms with Gasteiger partial charge in [0.05, 0.1) is 12.1 Å². The summed E-state index contributed by atoms with van der Waals surface area (Å²) in [4.78, 5) is 10.9. The molecule has 0 saturated carbocycles. The van der Waals surface area contributed by atoms with Gasteiger partial charge >= 0.3 is 6.16 Å². The normalized spacial score (nSPS) is 11.3. The first kappa shape index (κ1) is 23.6. The number of phenols is 1. The third-order valence-electron chi connectivity index (χ3n) is 5.97. The van der Waals surface area contributed by atoms with Crippen molar-refractivity contribution in [1.29, 1.82) is 0 Å². The van der Waals surface area contributed by atoms with Crippen LogP contribution in [0.5, 0.6) is 17.4 Å². The Morgan fingerprint density at radius 2 is 1.68 bits per heavy atom. The van der Waals surface area contributed by atoms with Crippen LogP contribution < -0.4 is 4.74 Å². The number of para-hydroxylation sites is 1. The molecule has 0 atom stereocenters. The van der Waals surface area contributed by atoms with Crippen LogP contribution in [0.4, 0.5) is 16.2 Å². The van der Waals surface area contributed by atoms with Gasteiger partial charge in [-0.05, 0) is 48.4 Å². The summed E-state index contributed by atoms with van der Waals surface area (Å²) in [6, 6.07) is 27.0. The predicted molar refractivity (Wildman–Crippen MR) is 140 cm³/mol. The third kappa shape index (κ3) is 4.85. The molecule has 8 nitrogen and oxygen atoms in total. The fraction of sp³-hybridized carbons (Fsp3) is 0.0690. The van der Waals surface area contributed by atoms with E-state index in [4.69, 9.17) is 9.84 Å². The van der Waals surface area contributed by atoms with Gasteiger partial charge < -0.3 is 24.6 Å². The number of carboxylic acid groups (broad SMARTS) is 1. The highest BCUT2D eigenvalue weighted by Crippen LogP contribution is 2.43. The Balaban J connectivity index is 1.54. The molecular weight excluding hydrogens is 470 g/mol. The van der Waals surface area contributed by atoms with Crippen LogP contribution in [0.1, 0.15) is 11.1 Å². The zero-order valence-corrected chi connectivity index (χ0v) is 19.9. The van der Waals surface area contributed by atoms with Crippen LogP contribution in [0, 0.1) is 6.92 Å². The summed E-state index contributed by atoms with van der Waals surface area (Å²) in [5, 5.41) is 40.3. The number of hydrogen-bond donors (Lipinski definition) is 3. The molecule has 184 valence electrons. The number of hydrogen-bond acceptors (Lipinski definition) is 6. The summed E-state index contributed by atoms with van der Waals surface area (Å²) in [7, 11) is 0. The topological polar surface area (TPSA) is 117 Å². The van der Waals surface area contributed by atoms with Crippen LogP contribution in [0.2, 0.25) is 0 Å². The molecule has 0 amide bonds. The molecule has 5 rings (SSSR count). The number of carbonyl (C=O) groups is 1. The molecule has 4 aromatic carbocycles. The summed E-state index contributed by atoms with van der Waals surface area (Å²) < 4.78 is 6.50. The van der Waals surface area contributed by atoms with Crippen molar-refractivity contribution in [2.24, 2.45) is 10.2 Å². The lowest BCUT2D eigenvalue weighted by Gasteiger charge is -2.08. The van der Waals surface area contributed by atoms with E-state index < -0.39 is 6.16 Å². The number of benzene rings is 4. The standard InChI is InChI=1S/C29H23N3O5/c1-18-13-14-25-23(15-18)26(28(34)32(25)17-19-7-3-2-4-8-19)31-30-24-12-6-11-22(27(24)33)20-9-5-10-21(16-20)37-29(35)36/h2-16,33-34H,17H2,1H3,(H,35,36). The second-order valence-corrected chi connectivity index (χ2v) is 8.53. The number of fused-ring (bicyclic) bond motifs is 1. The predicted octanol–water partition coefficient (Wildman–Crippen LogP) is 7.55. The van der Waals surface area contributed by atoms with E-state index in [2.05, 4.69) is 10.2 Å². The molecule has 0 aliphatic heterocycles. The SMILES string of the molecule is Cc1ccc2c(c1)c(N=Nc1cccc(-c3cccc(OC(=O)O)c3)c1O)c(O)n2Cc1ccccc1. The van der Waals surface area contributed by atoms with Gasteiger partial charge in [0.2, 0.25) is 5.88 Å². The molecule has 8 heteroatoms. The average Bonchev–Trinajstić information content (AvgIpc) is 3.13. The monoisotopic (exact) mass is 493 g/mol. The van der Waals surface area contributed by atoms with Gasteiger partial charge in [0.15, 0.2) is 11.4 Å². The second kappa shape index (κ2) is 9.87. The number of azo groups is 1. The highest BCUT2D eigenvalue weighted by atomic mass is 16.7. The Labute approximate surface area is 212 Å². The lowest BCUT2D eigenvalue weighted by Crippen LogP contribution is -2.02. The summed E-state index contributed by atoms with van der Waals surface area (Å²) >= 11 is 0. The lowest BCUT2D eigenvalue weighted by atomic mass is 10.0. The van der Waals surface area contributed by atoms with Crippen LogP contribution >= 0.6 is 0 Å². The van der Waals surface area contributed by atoms with E-state index in [1.807, 2.05) is 55.5 Å². The van der Waals surface area contributed by atoms with Crippen molar-refractivity contribution in [2.75, 3.05) is 0 Å². The maximum absolute atomic E-state index is 11.1. The summed E-state index contributed by atoms with van der Waals surface area (Å²) in [5.74, 6) is -0.0345. The molecule has 1 heterocycles. The Kier molecular flexibility index (Phi) is 6.30. The highest BCUT2D eigenvalue weighted by molar-refractivity contribution is 5.95. The fourth-order valence-electron chi connectivity index (χ4n) is 4.24. The molecule has 37 heavy (non-hydrogen) atoms. The molecule has 0 fully saturated rings. The number of phenolic OH excluding ortho intramolecular Hbond substituents is 1. The molecule has 3 N–H and O–H groups in total. The van der Waals surface area contributed by atoms with Crippen LogP contribution in [-0.4, -0.2) is 26.0 Å². The molecule has 0 aliphatic rings. The van der Waals surface area contributed by atoms with Crippen LogP contribution in [0.3, 0.4) is 0 Å². The average molecular weight is 494 g/mol. The van der Waals surface area contributed by atoms with Gasteiger partial charge in [-0.2, -0.15) is 0 Å². The number of aromatic hydroxyl groups is 2. The molecule has 0 bridgehead atoms. The molecular formula is C29H23N3O5. The van der Waals surface area contributed by atoms with Crippen molar-refractivity contribution in [3.63, 3.8) is 0 Å². The maximum atomic E-state index is 11.1. The molecule has 0 radical (unpaired) electrons. The number of aromatic nitrogens is 1. The molecule has 0 unspecified atom stereocenters. The van der Waals surface area contributed by atoms with Crippen LogP contribution in [0.25, 0.3) is 22.0 Å². The summed E-state index contributed by atoms with van der Waals surface area (Å²) in [5.41, 5.74) is 4.32. The first-order chi connectivity index (χ1) is 17.9. The first-order valence-corrected chi connectivity index (χ1v) is 11.5. The van der Waals surface area contributed by atoms with E-state index >= 15 is 0 Å². The van der Waals surface area contributed by atoms with Gasteiger partial charge in [0.25, 0.3) is 0 Å². The van der Waals surface area contributed by atoms with E-state index in [9.17, 15) is 15.0 Å². The Bertz CT molecular complexity index is 1640. The molecule has 5 aromatic rings. The number of aryl methyl sites for hydroxylation is 1. The third-order valence-corrected chi connectivity index (χ3v) is 5.97. The fourth-order valence-corrected chi connectivity index (χ4v) is 4.24. The van der Waals surface area contributed by atoms with Crippen molar-refractivity contribution < 1.29 is 24.9 Å². The number of rotatable bonds is 6. The van der Waals surface area contributed by atoms with Crippen molar-refractivity contribution in [1.82, 2.24) is 4.57 Å². The minimum atomic E-state index is -1.43. The van der Waals surface area contributed by atoms with Crippen LogP contribution in [-0.2, 0) is 6.54 Å². The Morgan fingerprint density at radius 1 is 0.892 bits per heavy atom. The molecule has 0 saturated heterocycles. The first-order valence-electron chi connectivity index (χ1n) is 11.5. The van der Waals surface area contributed by atoms with E-state index in [1.165, 1.54) is 12.1 Å². The summed E-state index contributed by atoms with van der Waals surface area (Å²) in [6.45, 7) is 2.42. The van der Waals surface area contributed by atoms with Gasteiger partial charge in [0, 0.05) is 10.9 Å². The van der Waals surface area contributed by atoms with Crippen molar-refractivity contribution in [3.05, 3.63) is 102 Å².